The molecular formula is C31H34N4O4S. The number of rotatable bonds is 11. The average molecular weight is 559 g/mol. The molecule has 0 saturated carbocycles. The highest BCUT2D eigenvalue weighted by Gasteiger charge is 2.26. The average Bonchev–Trinajstić information content (AvgIpc) is 3.24. The van der Waals surface area contributed by atoms with Gasteiger partial charge in [0.2, 0.25) is 10.0 Å². The molecule has 0 bridgehead atoms. The number of hydrogen-bond donors (Lipinski definition) is 1. The van der Waals surface area contributed by atoms with Gasteiger partial charge in [-0.15, -0.1) is 0 Å². The predicted octanol–water partition coefficient (Wildman–Crippen LogP) is 4.79. The molecule has 208 valence electrons. The van der Waals surface area contributed by atoms with Gasteiger partial charge in [-0.1, -0.05) is 48.0 Å². The maximum absolute atomic E-state index is 13.5. The maximum atomic E-state index is 13.5. The van der Waals surface area contributed by atoms with E-state index in [0.717, 1.165) is 39.5 Å². The molecule has 0 saturated heterocycles. The van der Waals surface area contributed by atoms with Crippen molar-refractivity contribution in [2.45, 2.75) is 32.1 Å². The van der Waals surface area contributed by atoms with Crippen molar-refractivity contribution in [1.29, 1.82) is 0 Å². The summed E-state index contributed by atoms with van der Waals surface area (Å²) in [6.07, 6.45) is 2.04. The number of hydrazone groups is 1. The van der Waals surface area contributed by atoms with Crippen molar-refractivity contribution in [3.8, 4) is 11.4 Å². The van der Waals surface area contributed by atoms with Crippen molar-refractivity contribution in [3.05, 3.63) is 113 Å². The van der Waals surface area contributed by atoms with Gasteiger partial charge >= 0.3 is 0 Å². The van der Waals surface area contributed by atoms with Crippen molar-refractivity contribution < 1.29 is 17.9 Å². The Bertz CT molecular complexity index is 1580. The Morgan fingerprint density at radius 3 is 2.30 bits per heavy atom. The van der Waals surface area contributed by atoms with Gasteiger partial charge in [-0.3, -0.25) is 4.79 Å². The van der Waals surface area contributed by atoms with Crippen LogP contribution in [-0.4, -0.2) is 49.6 Å². The highest BCUT2D eigenvalue weighted by atomic mass is 32.2. The third kappa shape index (κ3) is 6.86. The second kappa shape index (κ2) is 12.8. The molecule has 9 heteroatoms. The van der Waals surface area contributed by atoms with Crippen LogP contribution in [0.2, 0.25) is 0 Å². The van der Waals surface area contributed by atoms with Crippen LogP contribution in [0.15, 0.2) is 94.9 Å². The minimum atomic E-state index is -3.90. The predicted molar refractivity (Wildman–Crippen MR) is 158 cm³/mol. The summed E-state index contributed by atoms with van der Waals surface area (Å²) in [5, 5.41) is 4.14. The molecule has 40 heavy (non-hydrogen) atoms. The summed E-state index contributed by atoms with van der Waals surface area (Å²) >= 11 is 0. The number of nitrogens with zero attached hydrogens (tertiary/aromatic N) is 3. The summed E-state index contributed by atoms with van der Waals surface area (Å²) in [4.78, 5) is 13.0. The van der Waals surface area contributed by atoms with Crippen LogP contribution >= 0.6 is 0 Å². The van der Waals surface area contributed by atoms with Gasteiger partial charge in [0.1, 0.15) is 5.75 Å². The van der Waals surface area contributed by atoms with E-state index in [0.29, 0.717) is 6.42 Å². The highest BCUT2D eigenvalue weighted by molar-refractivity contribution is 7.89. The molecule has 0 aliphatic carbocycles. The van der Waals surface area contributed by atoms with Gasteiger partial charge in [0.15, 0.2) is 0 Å². The minimum absolute atomic E-state index is 0.147. The molecule has 0 atom stereocenters. The van der Waals surface area contributed by atoms with Crippen LogP contribution in [0.3, 0.4) is 0 Å². The molecule has 4 rings (SSSR count). The molecule has 0 spiro atoms. The summed E-state index contributed by atoms with van der Waals surface area (Å²) in [5.41, 5.74) is 8.21. The zero-order valence-electron chi connectivity index (χ0n) is 23.2. The fraction of sp³-hybridized carbons (Fsp3) is 0.226. The first-order valence-corrected chi connectivity index (χ1v) is 14.4. The van der Waals surface area contributed by atoms with E-state index >= 15 is 0 Å². The van der Waals surface area contributed by atoms with Crippen LogP contribution in [0.4, 0.5) is 0 Å². The highest BCUT2D eigenvalue weighted by Crippen LogP contribution is 2.22. The summed E-state index contributed by atoms with van der Waals surface area (Å²) in [6.45, 7) is 5.66. The first-order chi connectivity index (χ1) is 19.2. The number of hydrogen-bond acceptors (Lipinski definition) is 5. The first-order valence-electron chi connectivity index (χ1n) is 12.9. The smallest absolute Gasteiger partial charge is 0.255 e. The summed E-state index contributed by atoms with van der Waals surface area (Å²) in [5.74, 6) is 0.252. The number of carbonyl (C=O) groups excluding carboxylic acids is 1. The SMILES string of the molecule is COc1ccc(-n2c(C)cc(/C=N/NC(=O)CN(CCc3ccccc3)S(=O)(=O)c3ccc(C)cc3)c2C)cc1. The summed E-state index contributed by atoms with van der Waals surface area (Å²) in [6, 6.07) is 25.9. The molecule has 8 nitrogen and oxygen atoms in total. The van der Waals surface area contributed by atoms with Crippen LogP contribution in [-0.2, 0) is 21.2 Å². The van der Waals surface area contributed by atoms with E-state index in [1.165, 1.54) is 4.31 Å². The third-order valence-corrected chi connectivity index (χ3v) is 8.52. The first kappa shape index (κ1) is 28.8. The Kier molecular flexibility index (Phi) is 9.19. The van der Waals surface area contributed by atoms with Crippen molar-refractivity contribution in [2.75, 3.05) is 20.2 Å². The van der Waals surface area contributed by atoms with E-state index in [2.05, 4.69) is 15.1 Å². The van der Waals surface area contributed by atoms with Gasteiger partial charge in [0.05, 0.1) is 24.8 Å². The lowest BCUT2D eigenvalue weighted by atomic mass is 10.1. The molecule has 0 radical (unpaired) electrons. The van der Waals surface area contributed by atoms with Gasteiger partial charge in [-0.2, -0.15) is 9.41 Å². The number of methoxy groups -OCH3 is 1. The van der Waals surface area contributed by atoms with Crippen LogP contribution in [0, 0.1) is 20.8 Å². The van der Waals surface area contributed by atoms with Crippen LogP contribution in [0.1, 0.15) is 28.1 Å². The maximum Gasteiger partial charge on any atom is 0.255 e. The Morgan fingerprint density at radius 1 is 0.975 bits per heavy atom. The Morgan fingerprint density at radius 2 is 1.65 bits per heavy atom. The lowest BCUT2D eigenvalue weighted by Gasteiger charge is -2.21. The van der Waals surface area contributed by atoms with Gasteiger partial charge < -0.3 is 9.30 Å². The van der Waals surface area contributed by atoms with Crippen LogP contribution in [0.5, 0.6) is 5.75 Å². The third-order valence-electron chi connectivity index (χ3n) is 6.67. The van der Waals surface area contributed by atoms with Gasteiger partial charge in [0.25, 0.3) is 5.91 Å². The number of amides is 1. The molecule has 0 unspecified atom stereocenters. The normalized spacial score (nSPS) is 11.7. The number of sulfonamides is 1. The molecule has 0 aliphatic rings. The molecule has 3 aromatic carbocycles. The topological polar surface area (TPSA) is 93.0 Å². The fourth-order valence-electron chi connectivity index (χ4n) is 4.46. The molecular weight excluding hydrogens is 524 g/mol. The number of aromatic nitrogens is 1. The number of aryl methyl sites for hydroxylation is 2. The van der Waals surface area contributed by atoms with Crippen molar-refractivity contribution in [2.24, 2.45) is 5.10 Å². The fourth-order valence-corrected chi connectivity index (χ4v) is 5.86. The van der Waals surface area contributed by atoms with Crippen LogP contribution in [0.25, 0.3) is 5.69 Å². The van der Waals surface area contributed by atoms with E-state index in [4.69, 9.17) is 4.74 Å². The molecule has 1 aromatic heterocycles. The van der Waals surface area contributed by atoms with E-state index in [9.17, 15) is 13.2 Å². The van der Waals surface area contributed by atoms with Gasteiger partial charge in [-0.25, -0.2) is 13.8 Å². The molecule has 0 aliphatic heterocycles. The number of carbonyl (C=O) groups is 1. The van der Waals surface area contributed by atoms with E-state index < -0.39 is 15.9 Å². The second-order valence-electron chi connectivity index (χ2n) is 9.54. The van der Waals surface area contributed by atoms with E-state index in [1.54, 1.807) is 37.6 Å². The standard InChI is InChI=1S/C31H34N4O4S/c1-23-10-16-30(17-11-23)40(37,38)34(19-18-26-8-6-5-7-9-26)22-31(36)33-32-21-27-20-24(2)35(25(27)3)28-12-14-29(39-4)15-13-28/h5-17,20-21H,18-19,22H2,1-4H3,(H,33,36)/b32-21+. The number of ether oxygens (including phenoxy) is 1. The lowest BCUT2D eigenvalue weighted by molar-refractivity contribution is -0.121. The molecule has 0 fully saturated rings. The van der Waals surface area contributed by atoms with E-state index in [-0.39, 0.29) is 18.0 Å². The van der Waals surface area contributed by atoms with Crippen molar-refractivity contribution in [1.82, 2.24) is 14.3 Å². The number of nitrogens with one attached hydrogen (secondary N) is 1. The quantitative estimate of drug-likeness (QED) is 0.212. The Hall–Kier alpha value is -4.21. The minimum Gasteiger partial charge on any atom is -0.497 e. The molecule has 4 aromatic rings. The van der Waals surface area contributed by atoms with Gasteiger partial charge in [-0.05, 0) is 75.2 Å². The van der Waals surface area contributed by atoms with Crippen molar-refractivity contribution in [3.63, 3.8) is 0 Å². The van der Waals surface area contributed by atoms with E-state index in [1.807, 2.05) is 81.4 Å². The largest absolute Gasteiger partial charge is 0.497 e. The molecule has 1 amide bonds. The van der Waals surface area contributed by atoms with Crippen molar-refractivity contribution >= 4 is 22.1 Å². The Balaban J connectivity index is 1.48. The second-order valence-corrected chi connectivity index (χ2v) is 11.5. The Labute approximate surface area is 236 Å². The number of benzene rings is 3. The lowest BCUT2D eigenvalue weighted by Crippen LogP contribution is -2.40. The zero-order valence-corrected chi connectivity index (χ0v) is 24.0. The zero-order chi connectivity index (χ0) is 28.7. The monoisotopic (exact) mass is 558 g/mol. The summed E-state index contributed by atoms with van der Waals surface area (Å²) < 4.78 is 35.4. The van der Waals surface area contributed by atoms with Gasteiger partial charge in [0, 0.05) is 29.2 Å². The summed E-state index contributed by atoms with van der Waals surface area (Å²) in [7, 11) is -2.27. The molecule has 1 N–H and O–H groups in total. The van der Waals surface area contributed by atoms with Crippen LogP contribution < -0.4 is 10.2 Å². The molecule has 1 heterocycles.